The molecule has 0 aliphatic heterocycles. The Labute approximate surface area is 86.5 Å². The molecule has 0 unspecified atom stereocenters. The highest BCUT2D eigenvalue weighted by molar-refractivity contribution is 6.36. The minimum absolute atomic E-state index is 0.154. The molecule has 2 nitrogen and oxygen atoms in total. The molecular formula is C11H16BNO. The first-order valence-electron chi connectivity index (χ1n) is 4.54. The lowest BCUT2D eigenvalue weighted by Crippen LogP contribution is -2.23. The highest BCUT2D eigenvalue weighted by Gasteiger charge is 2.00. The van der Waals surface area contributed by atoms with Crippen molar-refractivity contribution in [3.05, 3.63) is 48.1 Å². The van der Waals surface area contributed by atoms with Gasteiger partial charge in [-0.05, 0) is 31.5 Å². The van der Waals surface area contributed by atoms with Crippen LogP contribution in [0.3, 0.4) is 0 Å². The Kier molecular flexibility index (Phi) is 6.20. The van der Waals surface area contributed by atoms with Crippen LogP contribution in [-0.2, 0) is 4.79 Å². The molecule has 0 aromatic carbocycles. The number of allylic oxidation sites excluding steroid dienone is 5. The summed E-state index contributed by atoms with van der Waals surface area (Å²) in [5, 5.41) is 2.74. The Bertz CT molecular complexity index is 300. The van der Waals surface area contributed by atoms with Gasteiger partial charge in [0.15, 0.2) is 0 Å². The van der Waals surface area contributed by atoms with Gasteiger partial charge in [-0.15, -0.1) is 6.58 Å². The maximum atomic E-state index is 11.3. The molecule has 1 amide bonds. The van der Waals surface area contributed by atoms with Gasteiger partial charge in [-0.2, -0.15) is 0 Å². The van der Waals surface area contributed by atoms with Crippen LogP contribution in [0.4, 0.5) is 0 Å². The highest BCUT2D eigenvalue weighted by atomic mass is 16.1. The molecule has 0 aromatic rings. The number of rotatable bonds is 4. The zero-order valence-corrected chi connectivity index (χ0v) is 9.00. The first-order chi connectivity index (χ1) is 6.61. The van der Waals surface area contributed by atoms with Crippen LogP contribution in [0.5, 0.6) is 0 Å². The number of nitrogens with one attached hydrogen (secondary N) is 1. The Morgan fingerprint density at radius 1 is 1.36 bits per heavy atom. The van der Waals surface area contributed by atoms with Crippen LogP contribution in [-0.4, -0.2) is 13.8 Å². The molecule has 0 saturated carbocycles. The Morgan fingerprint density at radius 3 is 2.43 bits per heavy atom. The second kappa shape index (κ2) is 6.95. The van der Waals surface area contributed by atoms with Crippen LogP contribution < -0.4 is 5.32 Å². The van der Waals surface area contributed by atoms with Crippen molar-refractivity contribution in [1.82, 2.24) is 5.32 Å². The van der Waals surface area contributed by atoms with Gasteiger partial charge >= 0.3 is 0 Å². The number of hydrogen-bond donors (Lipinski definition) is 1. The van der Waals surface area contributed by atoms with Gasteiger partial charge in [0, 0.05) is 5.70 Å². The maximum absolute atomic E-state index is 11.3. The van der Waals surface area contributed by atoms with Gasteiger partial charge in [0.25, 0.3) is 0 Å². The van der Waals surface area contributed by atoms with E-state index in [-0.39, 0.29) is 5.91 Å². The minimum Gasteiger partial charge on any atom is -0.323 e. The molecule has 3 heteroatoms. The van der Waals surface area contributed by atoms with Gasteiger partial charge in [-0.1, -0.05) is 18.2 Å². The van der Waals surface area contributed by atoms with Crippen LogP contribution >= 0.6 is 0 Å². The van der Waals surface area contributed by atoms with E-state index in [1.165, 1.54) is 0 Å². The Morgan fingerprint density at radius 2 is 2.00 bits per heavy atom. The van der Waals surface area contributed by atoms with Crippen LogP contribution in [0.1, 0.15) is 13.8 Å². The Balaban J connectivity index is 4.53. The smallest absolute Gasteiger partial charge is 0.241 e. The fourth-order valence-electron chi connectivity index (χ4n) is 0.756. The quantitative estimate of drug-likeness (QED) is 0.403. The van der Waals surface area contributed by atoms with Crippen molar-refractivity contribution in [3.8, 4) is 0 Å². The lowest BCUT2D eigenvalue weighted by molar-refractivity contribution is -0.116. The van der Waals surface area contributed by atoms with Crippen molar-refractivity contribution in [2.24, 2.45) is 0 Å². The lowest BCUT2D eigenvalue weighted by Gasteiger charge is -2.04. The largest absolute Gasteiger partial charge is 0.323 e. The van der Waals surface area contributed by atoms with E-state index in [0.29, 0.717) is 5.47 Å². The van der Waals surface area contributed by atoms with E-state index in [2.05, 4.69) is 11.9 Å². The minimum atomic E-state index is -0.154. The van der Waals surface area contributed by atoms with Gasteiger partial charge in [0.1, 0.15) is 7.85 Å². The van der Waals surface area contributed by atoms with E-state index < -0.39 is 0 Å². The van der Waals surface area contributed by atoms with E-state index in [9.17, 15) is 4.79 Å². The molecule has 0 aliphatic rings. The van der Waals surface area contributed by atoms with E-state index >= 15 is 0 Å². The predicted octanol–water partition coefficient (Wildman–Crippen LogP) is 1.29. The van der Waals surface area contributed by atoms with Gasteiger partial charge < -0.3 is 5.32 Å². The molecule has 0 saturated heterocycles. The second-order valence-corrected chi connectivity index (χ2v) is 2.88. The summed E-state index contributed by atoms with van der Waals surface area (Å²) in [6.45, 7) is 7.39. The van der Waals surface area contributed by atoms with Gasteiger partial charge in [0.2, 0.25) is 5.91 Å². The normalized spacial score (nSPS) is 12.3. The van der Waals surface area contributed by atoms with Crippen molar-refractivity contribution in [1.29, 1.82) is 0 Å². The fraction of sp³-hybridized carbons (Fsp3) is 0.182. The lowest BCUT2D eigenvalue weighted by atomic mass is 9.97. The van der Waals surface area contributed by atoms with E-state index in [0.717, 1.165) is 5.70 Å². The van der Waals surface area contributed by atoms with Crippen LogP contribution in [0, 0.1) is 0 Å². The third-order valence-electron chi connectivity index (χ3n) is 1.46. The fourth-order valence-corrected chi connectivity index (χ4v) is 0.756. The van der Waals surface area contributed by atoms with Crippen molar-refractivity contribution in [3.63, 3.8) is 0 Å². The summed E-state index contributed by atoms with van der Waals surface area (Å²) >= 11 is 0. The summed E-state index contributed by atoms with van der Waals surface area (Å²) in [5.41, 5.74) is 1.26. The number of hydrogen-bond acceptors (Lipinski definition) is 1. The first-order valence-corrected chi connectivity index (χ1v) is 4.54. The number of carbonyl (C=O) groups is 1. The van der Waals surface area contributed by atoms with Crippen LogP contribution in [0.25, 0.3) is 0 Å². The van der Waals surface area contributed by atoms with E-state index in [1.54, 1.807) is 7.85 Å². The monoisotopic (exact) mass is 189 g/mol. The molecule has 0 rings (SSSR count). The SMILES string of the molecule is BC(=C)C(=O)NC(/C=C\C)=C/C=C\C. The highest BCUT2D eigenvalue weighted by Crippen LogP contribution is 1.95. The number of carbonyl (C=O) groups excluding carboxylic acids is 1. The predicted molar refractivity (Wildman–Crippen MR) is 63.5 cm³/mol. The molecule has 0 atom stereocenters. The third-order valence-corrected chi connectivity index (χ3v) is 1.46. The van der Waals surface area contributed by atoms with Gasteiger partial charge in [-0.25, -0.2) is 0 Å². The molecule has 0 fully saturated rings. The standard InChI is InChI=1S/C11H16BNO/c1-4-6-8-10(7-5-2)13-11(14)9(3)12/h4-8H,3,12H2,1-2H3,(H,13,14)/b6-4-,7-5-,10-8+. The van der Waals surface area contributed by atoms with E-state index in [1.807, 2.05) is 44.2 Å². The van der Waals surface area contributed by atoms with E-state index in [4.69, 9.17) is 0 Å². The summed E-state index contributed by atoms with van der Waals surface area (Å²) in [7, 11) is 1.68. The average molecular weight is 189 g/mol. The van der Waals surface area contributed by atoms with Crippen molar-refractivity contribution >= 4 is 13.8 Å². The maximum Gasteiger partial charge on any atom is 0.241 e. The zero-order valence-electron chi connectivity index (χ0n) is 9.00. The van der Waals surface area contributed by atoms with Gasteiger partial charge in [-0.3, -0.25) is 4.79 Å². The van der Waals surface area contributed by atoms with Crippen LogP contribution in [0.15, 0.2) is 48.1 Å². The van der Waals surface area contributed by atoms with Crippen molar-refractivity contribution in [2.75, 3.05) is 0 Å². The van der Waals surface area contributed by atoms with Crippen molar-refractivity contribution < 1.29 is 4.79 Å². The second-order valence-electron chi connectivity index (χ2n) is 2.88. The van der Waals surface area contributed by atoms with Crippen molar-refractivity contribution in [2.45, 2.75) is 13.8 Å². The first kappa shape index (κ1) is 12.5. The molecule has 0 spiro atoms. The molecule has 74 valence electrons. The molecule has 1 N–H and O–H groups in total. The summed E-state index contributed by atoms with van der Waals surface area (Å²) in [5.74, 6) is -0.154. The molecule has 0 radical (unpaired) electrons. The Hall–Kier alpha value is -1.51. The molecule has 14 heavy (non-hydrogen) atoms. The summed E-state index contributed by atoms with van der Waals surface area (Å²) < 4.78 is 0. The third kappa shape index (κ3) is 5.20. The summed E-state index contributed by atoms with van der Waals surface area (Å²) in [6.07, 6.45) is 9.31. The molecule has 0 heterocycles. The molecule has 0 bridgehead atoms. The zero-order chi connectivity index (χ0) is 11.0. The number of amides is 1. The topological polar surface area (TPSA) is 29.1 Å². The molecular weight excluding hydrogens is 173 g/mol. The average Bonchev–Trinajstić information content (AvgIpc) is 2.14. The molecule has 0 aliphatic carbocycles. The molecule has 0 aromatic heterocycles. The summed E-state index contributed by atoms with van der Waals surface area (Å²) in [4.78, 5) is 11.3. The summed E-state index contributed by atoms with van der Waals surface area (Å²) in [6, 6.07) is 0. The van der Waals surface area contributed by atoms with Gasteiger partial charge in [0.05, 0.1) is 0 Å². The van der Waals surface area contributed by atoms with Crippen LogP contribution in [0.2, 0.25) is 0 Å².